The van der Waals surface area contributed by atoms with E-state index in [1.807, 2.05) is 48.2 Å². The van der Waals surface area contributed by atoms with Crippen LogP contribution in [-0.4, -0.2) is 35.9 Å². The molecule has 1 unspecified atom stereocenters. The zero-order valence-corrected chi connectivity index (χ0v) is 15.5. The van der Waals surface area contributed by atoms with E-state index in [9.17, 15) is 9.59 Å². The van der Waals surface area contributed by atoms with Gasteiger partial charge >= 0.3 is 0 Å². The summed E-state index contributed by atoms with van der Waals surface area (Å²) in [5, 5.41) is 0. The third-order valence-corrected chi connectivity index (χ3v) is 5.11. The number of hydrogen-bond acceptors (Lipinski definition) is 4. The summed E-state index contributed by atoms with van der Waals surface area (Å²) in [4.78, 5) is 29.2. The molecule has 2 amide bonds. The van der Waals surface area contributed by atoms with Crippen LogP contribution in [0.3, 0.4) is 0 Å². The van der Waals surface area contributed by atoms with Gasteiger partial charge in [0.25, 0.3) is 0 Å². The van der Waals surface area contributed by atoms with Gasteiger partial charge in [0.2, 0.25) is 11.8 Å². The molecule has 0 bridgehead atoms. The Balaban J connectivity index is 1.45. The smallest absolute Gasteiger partial charge is 0.228 e. The topological polar surface area (TPSA) is 63.0 Å². The third kappa shape index (κ3) is 3.84. The van der Waals surface area contributed by atoms with E-state index in [-0.39, 0.29) is 30.2 Å². The molecule has 1 aliphatic carbocycles. The van der Waals surface area contributed by atoms with Gasteiger partial charge in [-0.3, -0.25) is 9.59 Å². The van der Waals surface area contributed by atoms with Gasteiger partial charge < -0.3 is 19.0 Å². The Labute approximate surface area is 158 Å². The number of amides is 2. The second kappa shape index (κ2) is 7.47. The van der Waals surface area contributed by atoms with Crippen LogP contribution in [0, 0.1) is 5.92 Å². The minimum absolute atomic E-state index is 0.00810. The van der Waals surface area contributed by atoms with Crippen LogP contribution in [0.2, 0.25) is 0 Å². The Kier molecular flexibility index (Phi) is 4.88. The maximum Gasteiger partial charge on any atom is 0.228 e. The number of carbonyl (C=O) groups is 2. The van der Waals surface area contributed by atoms with E-state index in [2.05, 4.69) is 0 Å². The monoisotopic (exact) mass is 368 g/mol. The largest absolute Gasteiger partial charge is 0.494 e. The van der Waals surface area contributed by atoms with E-state index in [0.29, 0.717) is 19.7 Å². The Hall–Kier alpha value is -2.76. The highest BCUT2D eigenvalue weighted by Crippen LogP contribution is 2.33. The molecule has 0 radical (unpaired) electrons. The molecule has 2 aliphatic rings. The predicted octanol–water partition coefficient (Wildman–Crippen LogP) is 3.22. The third-order valence-electron chi connectivity index (χ3n) is 5.11. The van der Waals surface area contributed by atoms with Crippen LogP contribution in [-0.2, 0) is 16.1 Å². The maximum absolute atomic E-state index is 13.1. The fourth-order valence-corrected chi connectivity index (χ4v) is 3.59. The summed E-state index contributed by atoms with van der Waals surface area (Å²) in [6, 6.07) is 11.4. The molecule has 1 aromatic carbocycles. The van der Waals surface area contributed by atoms with Crippen molar-refractivity contribution in [2.45, 2.75) is 38.8 Å². The van der Waals surface area contributed by atoms with Gasteiger partial charge in [-0.1, -0.05) is 0 Å². The summed E-state index contributed by atoms with van der Waals surface area (Å²) in [5.41, 5.74) is 0.808. The zero-order chi connectivity index (χ0) is 18.8. The zero-order valence-electron chi connectivity index (χ0n) is 15.5. The van der Waals surface area contributed by atoms with E-state index >= 15 is 0 Å². The summed E-state index contributed by atoms with van der Waals surface area (Å²) in [6.07, 6.45) is 3.93. The molecule has 4 rings (SSSR count). The molecule has 6 nitrogen and oxygen atoms in total. The predicted molar refractivity (Wildman–Crippen MR) is 100 cm³/mol. The minimum Gasteiger partial charge on any atom is -0.494 e. The summed E-state index contributed by atoms with van der Waals surface area (Å²) < 4.78 is 10.9. The van der Waals surface area contributed by atoms with E-state index in [1.54, 1.807) is 11.2 Å². The lowest BCUT2D eigenvalue weighted by molar-refractivity contribution is -0.137. The van der Waals surface area contributed by atoms with E-state index < -0.39 is 0 Å². The van der Waals surface area contributed by atoms with E-state index in [0.717, 1.165) is 30.0 Å². The van der Waals surface area contributed by atoms with E-state index in [1.165, 1.54) is 0 Å². The molecule has 1 saturated heterocycles. The van der Waals surface area contributed by atoms with Crippen LogP contribution < -0.4 is 9.64 Å². The van der Waals surface area contributed by atoms with Crippen LogP contribution in [0.5, 0.6) is 5.75 Å². The first kappa shape index (κ1) is 17.6. The molecular weight excluding hydrogens is 344 g/mol. The maximum atomic E-state index is 13.1. The first-order valence-corrected chi connectivity index (χ1v) is 9.51. The number of hydrogen-bond donors (Lipinski definition) is 0. The lowest BCUT2D eigenvalue weighted by Crippen LogP contribution is -2.38. The summed E-state index contributed by atoms with van der Waals surface area (Å²) in [7, 11) is 0. The molecule has 1 saturated carbocycles. The molecule has 1 atom stereocenters. The van der Waals surface area contributed by atoms with Gasteiger partial charge in [0.1, 0.15) is 11.5 Å². The van der Waals surface area contributed by atoms with Gasteiger partial charge in [-0.05, 0) is 56.2 Å². The minimum atomic E-state index is -0.306. The van der Waals surface area contributed by atoms with Crippen LogP contribution >= 0.6 is 0 Å². The lowest BCUT2D eigenvalue weighted by atomic mass is 10.1. The number of rotatable bonds is 7. The molecule has 6 heteroatoms. The van der Waals surface area contributed by atoms with Crippen molar-refractivity contribution in [1.82, 2.24) is 4.90 Å². The average Bonchev–Trinajstić information content (AvgIpc) is 3.24. The van der Waals surface area contributed by atoms with Crippen molar-refractivity contribution in [3.8, 4) is 5.75 Å². The van der Waals surface area contributed by atoms with Gasteiger partial charge in [-0.25, -0.2) is 0 Å². The van der Waals surface area contributed by atoms with Gasteiger partial charge in [0.05, 0.1) is 25.3 Å². The van der Waals surface area contributed by atoms with Gasteiger partial charge in [-0.15, -0.1) is 0 Å². The quantitative estimate of drug-likeness (QED) is 0.753. The number of carbonyl (C=O) groups excluding carboxylic acids is 2. The second-order valence-corrected chi connectivity index (χ2v) is 7.11. The fourth-order valence-electron chi connectivity index (χ4n) is 3.59. The van der Waals surface area contributed by atoms with Crippen LogP contribution in [0.4, 0.5) is 5.69 Å². The van der Waals surface area contributed by atoms with Crippen LogP contribution in [0.25, 0.3) is 0 Å². The Bertz CT molecular complexity index is 796. The van der Waals surface area contributed by atoms with Crippen molar-refractivity contribution in [2.75, 3.05) is 18.1 Å². The molecule has 2 aromatic rings. The summed E-state index contributed by atoms with van der Waals surface area (Å²) >= 11 is 0. The standard InChI is InChI=1S/C21H24N2O4/c1-2-26-18-9-7-16(8-10-18)22-13-15(12-20(22)24)21(25)23(17-5-6-17)14-19-4-3-11-27-19/h3-4,7-11,15,17H,2,5-6,12-14H2,1H3. The molecule has 0 spiro atoms. The first-order chi connectivity index (χ1) is 13.2. The molecule has 0 N–H and O–H groups in total. The highest BCUT2D eigenvalue weighted by atomic mass is 16.5. The molecule has 27 heavy (non-hydrogen) atoms. The lowest BCUT2D eigenvalue weighted by Gasteiger charge is -2.24. The summed E-state index contributed by atoms with van der Waals surface area (Å²) in [5.74, 6) is 1.29. The first-order valence-electron chi connectivity index (χ1n) is 9.51. The molecule has 142 valence electrons. The SMILES string of the molecule is CCOc1ccc(N2CC(C(=O)N(Cc3ccco3)C3CC3)CC2=O)cc1. The Morgan fingerprint density at radius 1 is 1.26 bits per heavy atom. The summed E-state index contributed by atoms with van der Waals surface area (Å²) in [6.45, 7) is 3.44. The van der Waals surface area contributed by atoms with E-state index in [4.69, 9.17) is 9.15 Å². The number of benzene rings is 1. The second-order valence-electron chi connectivity index (χ2n) is 7.11. The highest BCUT2D eigenvalue weighted by molar-refractivity contribution is 6.00. The van der Waals surface area contributed by atoms with Gasteiger partial charge in [0.15, 0.2) is 0 Å². The average molecular weight is 368 g/mol. The van der Waals surface area contributed by atoms with Crippen molar-refractivity contribution in [2.24, 2.45) is 5.92 Å². The van der Waals surface area contributed by atoms with Crippen molar-refractivity contribution in [3.05, 3.63) is 48.4 Å². The van der Waals surface area contributed by atoms with Gasteiger partial charge in [-0.2, -0.15) is 0 Å². The number of nitrogens with zero attached hydrogens (tertiary/aromatic N) is 2. The van der Waals surface area contributed by atoms with Crippen LogP contribution in [0.15, 0.2) is 47.1 Å². The van der Waals surface area contributed by atoms with Crippen molar-refractivity contribution in [1.29, 1.82) is 0 Å². The molecule has 1 aromatic heterocycles. The Morgan fingerprint density at radius 3 is 2.67 bits per heavy atom. The molecule has 1 aliphatic heterocycles. The number of furan rings is 1. The van der Waals surface area contributed by atoms with Crippen molar-refractivity contribution in [3.63, 3.8) is 0 Å². The van der Waals surface area contributed by atoms with Crippen molar-refractivity contribution < 1.29 is 18.7 Å². The number of anilines is 1. The highest BCUT2D eigenvalue weighted by Gasteiger charge is 2.41. The number of ether oxygens (including phenoxy) is 1. The normalized spacial score (nSPS) is 19.4. The molecule has 2 fully saturated rings. The van der Waals surface area contributed by atoms with Crippen molar-refractivity contribution >= 4 is 17.5 Å². The van der Waals surface area contributed by atoms with Gasteiger partial charge in [0, 0.05) is 24.7 Å². The Morgan fingerprint density at radius 2 is 2.04 bits per heavy atom. The molecule has 2 heterocycles. The fraction of sp³-hybridized carbons (Fsp3) is 0.429. The molecular formula is C21H24N2O4. The van der Waals surface area contributed by atoms with Crippen LogP contribution in [0.1, 0.15) is 31.9 Å².